The van der Waals surface area contributed by atoms with Crippen molar-refractivity contribution in [2.24, 2.45) is 5.92 Å². The molecule has 0 spiro atoms. The summed E-state index contributed by atoms with van der Waals surface area (Å²) in [5.41, 5.74) is 0.453. The molecule has 1 aromatic carbocycles. The normalized spacial score (nSPS) is 11.4. The van der Waals surface area contributed by atoms with Gasteiger partial charge in [-0.25, -0.2) is 13.1 Å². The van der Waals surface area contributed by atoms with Crippen LogP contribution in [0.1, 0.15) is 32.3 Å². The van der Waals surface area contributed by atoms with Gasteiger partial charge in [-0.05, 0) is 30.2 Å². The van der Waals surface area contributed by atoms with Crippen LogP contribution in [0.15, 0.2) is 29.2 Å². The van der Waals surface area contributed by atoms with E-state index in [4.69, 9.17) is 5.26 Å². The van der Waals surface area contributed by atoms with Crippen molar-refractivity contribution in [3.8, 4) is 6.07 Å². The molecule has 0 heterocycles. The standard InChI is InChI=1S/C13H18N2O2S/c1-3-11(4-2)10-15-18(16,17)13-7-5-12(9-14)6-8-13/h5-8,11,15H,3-4,10H2,1-2H3. The van der Waals surface area contributed by atoms with Crippen molar-refractivity contribution in [1.29, 1.82) is 5.26 Å². The molecule has 5 heteroatoms. The maximum atomic E-state index is 12.0. The molecule has 1 rings (SSSR count). The molecule has 0 atom stereocenters. The Bertz CT molecular complexity index is 511. The summed E-state index contributed by atoms with van der Waals surface area (Å²) in [5, 5.41) is 8.66. The van der Waals surface area contributed by atoms with Crippen LogP contribution in [0.4, 0.5) is 0 Å². The van der Waals surface area contributed by atoms with E-state index in [9.17, 15) is 8.42 Å². The Kier molecular flexibility index (Phi) is 5.32. The van der Waals surface area contributed by atoms with Gasteiger partial charge in [-0.2, -0.15) is 5.26 Å². The molecule has 4 nitrogen and oxygen atoms in total. The highest BCUT2D eigenvalue weighted by atomic mass is 32.2. The van der Waals surface area contributed by atoms with Gasteiger partial charge in [-0.3, -0.25) is 0 Å². The van der Waals surface area contributed by atoms with Gasteiger partial charge in [0.25, 0.3) is 0 Å². The van der Waals surface area contributed by atoms with Crippen molar-refractivity contribution in [3.05, 3.63) is 29.8 Å². The van der Waals surface area contributed by atoms with Gasteiger partial charge in [-0.1, -0.05) is 26.7 Å². The second-order valence-electron chi connectivity index (χ2n) is 4.17. The molecule has 0 aliphatic carbocycles. The van der Waals surface area contributed by atoms with Crippen LogP contribution >= 0.6 is 0 Å². The first-order chi connectivity index (χ1) is 8.53. The Labute approximate surface area is 109 Å². The fourth-order valence-corrected chi connectivity index (χ4v) is 2.71. The summed E-state index contributed by atoms with van der Waals surface area (Å²) < 4.78 is 26.6. The highest BCUT2D eigenvalue weighted by molar-refractivity contribution is 7.89. The molecule has 0 aliphatic rings. The molecule has 0 saturated heterocycles. The number of sulfonamides is 1. The Morgan fingerprint density at radius 2 is 1.78 bits per heavy atom. The number of benzene rings is 1. The number of hydrogen-bond acceptors (Lipinski definition) is 3. The van der Waals surface area contributed by atoms with E-state index in [1.54, 1.807) is 0 Å². The van der Waals surface area contributed by atoms with Crippen LogP contribution in [0, 0.1) is 17.2 Å². The highest BCUT2D eigenvalue weighted by Gasteiger charge is 2.15. The Hall–Kier alpha value is -1.38. The summed E-state index contributed by atoms with van der Waals surface area (Å²) in [6.07, 6.45) is 1.90. The van der Waals surface area contributed by atoms with E-state index in [0.29, 0.717) is 18.0 Å². The van der Waals surface area contributed by atoms with E-state index < -0.39 is 10.0 Å². The maximum absolute atomic E-state index is 12.0. The number of nitriles is 1. The quantitative estimate of drug-likeness (QED) is 0.858. The molecule has 18 heavy (non-hydrogen) atoms. The van der Waals surface area contributed by atoms with Crippen LogP contribution in [-0.4, -0.2) is 15.0 Å². The van der Waals surface area contributed by atoms with Crippen molar-refractivity contribution in [2.75, 3.05) is 6.54 Å². The van der Waals surface area contributed by atoms with Crippen molar-refractivity contribution in [3.63, 3.8) is 0 Å². The van der Waals surface area contributed by atoms with Crippen molar-refractivity contribution in [1.82, 2.24) is 4.72 Å². The molecule has 0 amide bonds. The van der Waals surface area contributed by atoms with Crippen LogP contribution in [-0.2, 0) is 10.0 Å². The first-order valence-corrected chi connectivity index (χ1v) is 7.51. The lowest BCUT2D eigenvalue weighted by Gasteiger charge is -2.13. The van der Waals surface area contributed by atoms with E-state index in [1.165, 1.54) is 24.3 Å². The number of hydrogen-bond donors (Lipinski definition) is 1. The average Bonchev–Trinajstić information content (AvgIpc) is 2.40. The van der Waals surface area contributed by atoms with Crippen LogP contribution in [0.2, 0.25) is 0 Å². The lowest BCUT2D eigenvalue weighted by molar-refractivity contribution is 0.479. The fourth-order valence-electron chi connectivity index (χ4n) is 1.60. The Morgan fingerprint density at radius 1 is 1.22 bits per heavy atom. The van der Waals surface area contributed by atoms with Crippen LogP contribution in [0.3, 0.4) is 0 Å². The molecule has 0 aliphatic heterocycles. The minimum Gasteiger partial charge on any atom is -0.211 e. The third-order valence-corrected chi connectivity index (χ3v) is 4.45. The van der Waals surface area contributed by atoms with Crippen molar-refractivity contribution < 1.29 is 8.42 Å². The summed E-state index contributed by atoms with van der Waals surface area (Å²) in [5.74, 6) is 0.359. The van der Waals surface area contributed by atoms with Crippen molar-refractivity contribution >= 4 is 10.0 Å². The molecule has 0 bridgehead atoms. The fraction of sp³-hybridized carbons (Fsp3) is 0.462. The lowest BCUT2D eigenvalue weighted by Crippen LogP contribution is -2.29. The first kappa shape index (κ1) is 14.7. The van der Waals surface area contributed by atoms with E-state index in [1.807, 2.05) is 19.9 Å². The van der Waals surface area contributed by atoms with Gasteiger partial charge in [0, 0.05) is 6.54 Å². The third kappa shape index (κ3) is 3.83. The van der Waals surface area contributed by atoms with Gasteiger partial charge in [-0.15, -0.1) is 0 Å². The van der Waals surface area contributed by atoms with Gasteiger partial charge < -0.3 is 0 Å². The Morgan fingerprint density at radius 3 is 2.22 bits per heavy atom. The maximum Gasteiger partial charge on any atom is 0.240 e. The van der Waals surface area contributed by atoms with E-state index in [2.05, 4.69) is 4.72 Å². The lowest BCUT2D eigenvalue weighted by atomic mass is 10.0. The predicted molar refractivity (Wildman–Crippen MR) is 70.4 cm³/mol. The molecule has 0 radical (unpaired) electrons. The van der Waals surface area contributed by atoms with Gasteiger partial charge in [0.15, 0.2) is 0 Å². The van der Waals surface area contributed by atoms with Gasteiger partial charge in [0.05, 0.1) is 16.5 Å². The zero-order valence-electron chi connectivity index (χ0n) is 10.7. The van der Waals surface area contributed by atoms with Crippen LogP contribution in [0.5, 0.6) is 0 Å². The van der Waals surface area contributed by atoms with Crippen molar-refractivity contribution in [2.45, 2.75) is 31.6 Å². The van der Waals surface area contributed by atoms with E-state index in [0.717, 1.165) is 12.8 Å². The number of nitrogens with zero attached hydrogens (tertiary/aromatic N) is 1. The Balaban J connectivity index is 2.77. The first-order valence-electron chi connectivity index (χ1n) is 6.03. The summed E-state index contributed by atoms with van der Waals surface area (Å²) in [6, 6.07) is 7.87. The van der Waals surface area contributed by atoms with E-state index in [-0.39, 0.29) is 4.90 Å². The minimum absolute atomic E-state index is 0.201. The second-order valence-corrected chi connectivity index (χ2v) is 5.94. The van der Waals surface area contributed by atoms with Crippen LogP contribution < -0.4 is 4.72 Å². The summed E-state index contributed by atoms with van der Waals surface area (Å²) in [7, 11) is -3.46. The average molecular weight is 266 g/mol. The van der Waals surface area contributed by atoms with Gasteiger partial charge in [0.2, 0.25) is 10.0 Å². The SMILES string of the molecule is CCC(CC)CNS(=O)(=O)c1ccc(C#N)cc1. The van der Waals surface area contributed by atoms with E-state index >= 15 is 0 Å². The summed E-state index contributed by atoms with van der Waals surface area (Å²) in [4.78, 5) is 0.201. The minimum atomic E-state index is -3.46. The summed E-state index contributed by atoms with van der Waals surface area (Å²) in [6.45, 7) is 4.55. The van der Waals surface area contributed by atoms with Crippen LogP contribution in [0.25, 0.3) is 0 Å². The third-order valence-electron chi connectivity index (χ3n) is 3.01. The number of nitrogens with one attached hydrogen (secondary N) is 1. The van der Waals surface area contributed by atoms with Gasteiger partial charge in [0.1, 0.15) is 0 Å². The largest absolute Gasteiger partial charge is 0.240 e. The molecule has 1 aromatic rings. The smallest absolute Gasteiger partial charge is 0.211 e. The monoisotopic (exact) mass is 266 g/mol. The molecule has 0 fully saturated rings. The molecule has 0 aromatic heterocycles. The topological polar surface area (TPSA) is 70.0 Å². The highest BCUT2D eigenvalue weighted by Crippen LogP contribution is 2.12. The van der Waals surface area contributed by atoms with Gasteiger partial charge >= 0.3 is 0 Å². The molecule has 0 saturated carbocycles. The predicted octanol–water partition coefficient (Wildman–Crippen LogP) is 2.27. The zero-order valence-corrected chi connectivity index (χ0v) is 11.5. The molecular formula is C13H18N2O2S. The number of rotatable bonds is 6. The molecular weight excluding hydrogens is 248 g/mol. The second kappa shape index (κ2) is 6.53. The zero-order chi connectivity index (χ0) is 13.6. The molecule has 1 N–H and O–H groups in total. The molecule has 98 valence electrons. The molecule has 0 unspecified atom stereocenters. The summed E-state index contributed by atoms with van der Waals surface area (Å²) >= 11 is 0.